The Morgan fingerprint density at radius 1 is 1.23 bits per heavy atom. The van der Waals surface area contributed by atoms with Crippen molar-refractivity contribution in [3.8, 4) is 0 Å². The van der Waals surface area contributed by atoms with E-state index in [4.69, 9.17) is 5.73 Å². The van der Waals surface area contributed by atoms with Gasteiger partial charge in [-0.1, -0.05) is 30.7 Å². The molecule has 2 fully saturated rings. The minimum absolute atomic E-state index is 0. The number of nitrogens with two attached hydrogens (primary N) is 1. The Morgan fingerprint density at radius 3 is 2.73 bits per heavy atom. The summed E-state index contributed by atoms with van der Waals surface area (Å²) in [5.41, 5.74) is 8.48. The monoisotopic (exact) mass is 322 g/mol. The summed E-state index contributed by atoms with van der Waals surface area (Å²) in [7, 11) is 0. The zero-order valence-corrected chi connectivity index (χ0v) is 14.1. The molecule has 1 saturated carbocycles. The number of hydrogen-bond acceptors (Lipinski definition) is 2. The minimum Gasteiger partial charge on any atom is -0.335 e. The molecular weight excluding hydrogens is 296 g/mol. The molecule has 0 radical (unpaired) electrons. The summed E-state index contributed by atoms with van der Waals surface area (Å²) in [6, 6.07) is 8.76. The Balaban J connectivity index is 0.00000176. The molecular formula is C18H27ClN2O. The van der Waals surface area contributed by atoms with Crippen LogP contribution in [-0.4, -0.2) is 23.9 Å². The lowest BCUT2D eigenvalue weighted by molar-refractivity contribution is -0.137. The van der Waals surface area contributed by atoms with Crippen molar-refractivity contribution in [2.75, 3.05) is 13.1 Å². The molecule has 1 amide bonds. The maximum Gasteiger partial charge on any atom is 0.226 e. The van der Waals surface area contributed by atoms with Crippen molar-refractivity contribution in [2.24, 2.45) is 17.6 Å². The summed E-state index contributed by atoms with van der Waals surface area (Å²) >= 11 is 0. The zero-order chi connectivity index (χ0) is 14.8. The Labute approximate surface area is 139 Å². The highest BCUT2D eigenvalue weighted by Crippen LogP contribution is 2.39. The van der Waals surface area contributed by atoms with Crippen LogP contribution in [0.15, 0.2) is 24.3 Å². The summed E-state index contributed by atoms with van der Waals surface area (Å²) in [4.78, 5) is 15.1. The maximum absolute atomic E-state index is 13.0. The molecule has 3 atom stereocenters. The van der Waals surface area contributed by atoms with Crippen LogP contribution in [-0.2, 0) is 4.79 Å². The van der Waals surface area contributed by atoms with Gasteiger partial charge in [-0.25, -0.2) is 0 Å². The quantitative estimate of drug-likeness (QED) is 0.926. The number of amides is 1. The first-order valence-corrected chi connectivity index (χ1v) is 8.28. The third-order valence-electron chi connectivity index (χ3n) is 5.36. The van der Waals surface area contributed by atoms with E-state index in [0.717, 1.165) is 38.6 Å². The molecule has 1 aromatic carbocycles. The molecule has 1 aliphatic carbocycles. The first-order valence-electron chi connectivity index (χ1n) is 8.28. The highest BCUT2D eigenvalue weighted by atomic mass is 35.5. The average Bonchev–Trinajstić information content (AvgIpc) is 3.16. The minimum atomic E-state index is 0. The van der Waals surface area contributed by atoms with E-state index in [1.54, 1.807) is 0 Å². The first-order chi connectivity index (χ1) is 10.2. The van der Waals surface area contributed by atoms with Crippen LogP contribution in [0.2, 0.25) is 0 Å². The van der Waals surface area contributed by atoms with Crippen molar-refractivity contribution in [1.29, 1.82) is 0 Å². The average molecular weight is 323 g/mol. The molecule has 0 spiro atoms. The van der Waals surface area contributed by atoms with Crippen LogP contribution in [0.5, 0.6) is 0 Å². The number of nitrogens with zero attached hydrogens (tertiary/aromatic N) is 1. The molecule has 3 rings (SSSR count). The highest BCUT2D eigenvalue weighted by Gasteiger charge is 2.39. The van der Waals surface area contributed by atoms with Gasteiger partial charge in [0.1, 0.15) is 0 Å². The maximum atomic E-state index is 13.0. The van der Waals surface area contributed by atoms with Crippen molar-refractivity contribution in [2.45, 2.75) is 45.1 Å². The second-order valence-electron chi connectivity index (χ2n) is 6.58. The smallest absolute Gasteiger partial charge is 0.226 e. The number of carbonyl (C=O) groups is 1. The van der Waals surface area contributed by atoms with Crippen LogP contribution in [0.25, 0.3) is 0 Å². The molecule has 3 nitrogen and oxygen atoms in total. The molecule has 22 heavy (non-hydrogen) atoms. The Hall–Kier alpha value is -1.06. The zero-order valence-electron chi connectivity index (χ0n) is 13.3. The van der Waals surface area contributed by atoms with Gasteiger partial charge in [0.05, 0.1) is 6.04 Å². The van der Waals surface area contributed by atoms with E-state index in [-0.39, 0.29) is 24.4 Å². The molecule has 2 aliphatic rings. The molecule has 0 aromatic heterocycles. The van der Waals surface area contributed by atoms with E-state index in [9.17, 15) is 4.79 Å². The normalized spacial score (nSPS) is 27.7. The van der Waals surface area contributed by atoms with Gasteiger partial charge < -0.3 is 10.6 Å². The second kappa shape index (κ2) is 7.47. The van der Waals surface area contributed by atoms with Gasteiger partial charge in [0.25, 0.3) is 0 Å². The van der Waals surface area contributed by atoms with E-state index >= 15 is 0 Å². The van der Waals surface area contributed by atoms with Crippen LogP contribution in [0, 0.1) is 18.8 Å². The number of carbonyl (C=O) groups excluding carboxylic acids is 1. The topological polar surface area (TPSA) is 46.3 Å². The SMILES string of the molecule is Cc1ccccc1C1CCCN1C(=O)[C@@H]1CCC[C@@H]1CN.Cl. The predicted molar refractivity (Wildman–Crippen MR) is 92.0 cm³/mol. The van der Waals surface area contributed by atoms with Crippen molar-refractivity contribution in [1.82, 2.24) is 4.90 Å². The fraction of sp³-hybridized carbons (Fsp3) is 0.611. The molecule has 4 heteroatoms. The van der Waals surface area contributed by atoms with E-state index in [0.29, 0.717) is 18.4 Å². The summed E-state index contributed by atoms with van der Waals surface area (Å²) in [5.74, 6) is 0.920. The van der Waals surface area contributed by atoms with Crippen molar-refractivity contribution in [3.05, 3.63) is 35.4 Å². The van der Waals surface area contributed by atoms with Gasteiger partial charge >= 0.3 is 0 Å². The Morgan fingerprint density at radius 2 is 2.00 bits per heavy atom. The molecule has 2 N–H and O–H groups in total. The number of benzene rings is 1. The summed E-state index contributed by atoms with van der Waals surface area (Å²) in [6.45, 7) is 3.71. The summed E-state index contributed by atoms with van der Waals surface area (Å²) in [6.07, 6.45) is 5.51. The Bertz CT molecular complexity index is 520. The number of hydrogen-bond donors (Lipinski definition) is 1. The second-order valence-corrected chi connectivity index (χ2v) is 6.58. The van der Waals surface area contributed by atoms with Crippen molar-refractivity contribution >= 4 is 18.3 Å². The number of rotatable bonds is 3. The molecule has 1 unspecified atom stereocenters. The lowest BCUT2D eigenvalue weighted by Crippen LogP contribution is -2.38. The Kier molecular flexibility index (Phi) is 5.87. The van der Waals surface area contributed by atoms with Gasteiger partial charge in [-0.3, -0.25) is 4.79 Å². The van der Waals surface area contributed by atoms with Crippen LogP contribution in [0.3, 0.4) is 0 Å². The molecule has 0 bridgehead atoms. The van der Waals surface area contributed by atoms with Crippen molar-refractivity contribution < 1.29 is 4.79 Å². The van der Waals surface area contributed by atoms with Crippen LogP contribution >= 0.6 is 12.4 Å². The standard InChI is InChI=1S/C18H26N2O.ClH/c1-13-6-2-3-8-15(13)17-10-5-11-20(17)18(21)16-9-4-7-14(16)12-19;/h2-3,6,8,14,16-17H,4-5,7,9-12,19H2,1H3;1H/t14-,16-,17?;/m1./s1. The fourth-order valence-corrected chi connectivity index (χ4v) is 4.17. The van der Waals surface area contributed by atoms with Gasteiger partial charge in [-0.15, -0.1) is 12.4 Å². The third-order valence-corrected chi connectivity index (χ3v) is 5.36. The van der Waals surface area contributed by atoms with Crippen LogP contribution < -0.4 is 5.73 Å². The van der Waals surface area contributed by atoms with Gasteiger partial charge in [0, 0.05) is 12.5 Å². The summed E-state index contributed by atoms with van der Waals surface area (Å²) < 4.78 is 0. The predicted octanol–water partition coefficient (Wildman–Crippen LogP) is 3.46. The lowest BCUT2D eigenvalue weighted by Gasteiger charge is -2.30. The van der Waals surface area contributed by atoms with E-state index in [1.807, 2.05) is 0 Å². The van der Waals surface area contributed by atoms with E-state index in [2.05, 4.69) is 36.1 Å². The fourth-order valence-electron chi connectivity index (χ4n) is 4.17. The summed E-state index contributed by atoms with van der Waals surface area (Å²) in [5, 5.41) is 0. The molecule has 1 aromatic rings. The first kappa shape index (κ1) is 17.3. The van der Waals surface area contributed by atoms with Gasteiger partial charge in [-0.05, 0) is 56.2 Å². The van der Waals surface area contributed by atoms with E-state index in [1.165, 1.54) is 11.1 Å². The number of halogens is 1. The number of aryl methyl sites for hydroxylation is 1. The highest BCUT2D eigenvalue weighted by molar-refractivity contribution is 5.85. The molecule has 122 valence electrons. The van der Waals surface area contributed by atoms with Crippen LogP contribution in [0.1, 0.15) is 49.3 Å². The molecule has 1 aliphatic heterocycles. The largest absolute Gasteiger partial charge is 0.335 e. The molecule has 1 saturated heterocycles. The van der Waals surface area contributed by atoms with E-state index < -0.39 is 0 Å². The lowest BCUT2D eigenvalue weighted by atomic mass is 9.93. The van der Waals surface area contributed by atoms with Crippen LogP contribution in [0.4, 0.5) is 0 Å². The third kappa shape index (κ3) is 3.16. The van der Waals surface area contributed by atoms with Gasteiger partial charge in [0.15, 0.2) is 0 Å². The van der Waals surface area contributed by atoms with Crippen molar-refractivity contribution in [3.63, 3.8) is 0 Å². The van der Waals surface area contributed by atoms with Gasteiger partial charge in [-0.2, -0.15) is 0 Å². The van der Waals surface area contributed by atoms with Gasteiger partial charge in [0.2, 0.25) is 5.91 Å². The molecule has 1 heterocycles. The number of likely N-dealkylation sites (tertiary alicyclic amines) is 1.